The lowest BCUT2D eigenvalue weighted by atomic mass is 10.0. The summed E-state index contributed by atoms with van der Waals surface area (Å²) in [4.78, 5) is 24.7. The number of anilines is 2. The summed E-state index contributed by atoms with van der Waals surface area (Å²) in [5, 5.41) is 5.62. The van der Waals surface area contributed by atoms with Gasteiger partial charge in [-0.05, 0) is 66.6 Å². The van der Waals surface area contributed by atoms with Crippen molar-refractivity contribution in [3.05, 3.63) is 53.6 Å². The summed E-state index contributed by atoms with van der Waals surface area (Å²) in [6.07, 6.45) is 2.51. The van der Waals surface area contributed by atoms with Gasteiger partial charge < -0.3 is 10.6 Å². The van der Waals surface area contributed by atoms with E-state index in [4.69, 9.17) is 0 Å². The molecular weight excluding hydrogens is 414 g/mol. The highest BCUT2D eigenvalue weighted by molar-refractivity contribution is 7.89. The Hall–Kier alpha value is -2.71. The first-order chi connectivity index (χ1) is 14.7. The Labute approximate surface area is 183 Å². The second-order valence-corrected chi connectivity index (χ2v) is 9.82. The number of nitrogens with one attached hydrogen (secondary N) is 3. The minimum atomic E-state index is -3.94. The molecule has 0 aliphatic carbocycles. The van der Waals surface area contributed by atoms with Crippen LogP contribution in [-0.2, 0) is 32.5 Å². The van der Waals surface area contributed by atoms with Crippen molar-refractivity contribution in [2.75, 3.05) is 10.6 Å². The maximum Gasteiger partial charge on any atom is 0.242 e. The largest absolute Gasteiger partial charge is 0.326 e. The molecule has 2 aromatic carbocycles. The molecular formula is C23H29N3O4S. The standard InChI is InChI=1S/C23H29N3O4S/c1-4-16-7-5-9-18(13-16)24-23(28)22(15(2)3)26-31(29,30)19-11-12-20-17(14-19)8-6-10-21(27)25-20/h5,7,9,11-15,22,26H,4,6,8,10H2,1-3H3,(H,24,28)(H,25,27)/t22-/m0/s1. The Balaban J connectivity index is 1.80. The van der Waals surface area contributed by atoms with Crippen molar-refractivity contribution in [2.45, 2.75) is 57.4 Å². The number of hydrogen-bond donors (Lipinski definition) is 3. The zero-order valence-corrected chi connectivity index (χ0v) is 18.9. The van der Waals surface area contributed by atoms with Crippen LogP contribution in [0.15, 0.2) is 47.4 Å². The zero-order chi connectivity index (χ0) is 22.6. The summed E-state index contributed by atoms with van der Waals surface area (Å²) < 4.78 is 28.7. The predicted molar refractivity (Wildman–Crippen MR) is 121 cm³/mol. The Bertz CT molecular complexity index is 1080. The minimum Gasteiger partial charge on any atom is -0.326 e. The van der Waals surface area contributed by atoms with Gasteiger partial charge in [0.15, 0.2) is 0 Å². The molecule has 0 spiro atoms. The third-order valence-electron chi connectivity index (χ3n) is 5.35. The van der Waals surface area contributed by atoms with E-state index in [1.165, 1.54) is 6.07 Å². The van der Waals surface area contributed by atoms with Crippen LogP contribution in [0.25, 0.3) is 0 Å². The van der Waals surface area contributed by atoms with E-state index in [9.17, 15) is 18.0 Å². The molecule has 1 heterocycles. The summed E-state index contributed by atoms with van der Waals surface area (Å²) in [5.41, 5.74) is 3.12. The van der Waals surface area contributed by atoms with Gasteiger partial charge in [0.2, 0.25) is 21.8 Å². The Morgan fingerprint density at radius 3 is 2.61 bits per heavy atom. The highest BCUT2D eigenvalue weighted by Gasteiger charge is 2.29. The van der Waals surface area contributed by atoms with Crippen molar-refractivity contribution in [1.29, 1.82) is 0 Å². The van der Waals surface area contributed by atoms with Crippen LogP contribution in [0.5, 0.6) is 0 Å². The molecule has 1 aliphatic heterocycles. The molecule has 1 atom stereocenters. The number of fused-ring (bicyclic) bond motifs is 1. The van der Waals surface area contributed by atoms with Gasteiger partial charge in [0.1, 0.15) is 6.04 Å². The van der Waals surface area contributed by atoms with Gasteiger partial charge in [0.25, 0.3) is 0 Å². The number of carbonyl (C=O) groups excluding carboxylic acids is 2. The average molecular weight is 444 g/mol. The van der Waals surface area contributed by atoms with Gasteiger partial charge in [0.05, 0.1) is 4.90 Å². The molecule has 1 aliphatic rings. The number of benzene rings is 2. The van der Waals surface area contributed by atoms with Crippen molar-refractivity contribution >= 4 is 33.2 Å². The van der Waals surface area contributed by atoms with E-state index in [0.29, 0.717) is 30.6 Å². The van der Waals surface area contributed by atoms with Crippen molar-refractivity contribution in [1.82, 2.24) is 4.72 Å². The topological polar surface area (TPSA) is 104 Å². The lowest BCUT2D eigenvalue weighted by Crippen LogP contribution is -2.47. The highest BCUT2D eigenvalue weighted by Crippen LogP contribution is 2.25. The smallest absolute Gasteiger partial charge is 0.242 e. The first kappa shape index (κ1) is 23.0. The third-order valence-corrected chi connectivity index (χ3v) is 6.78. The summed E-state index contributed by atoms with van der Waals surface area (Å²) >= 11 is 0. The van der Waals surface area contributed by atoms with Gasteiger partial charge in [-0.3, -0.25) is 9.59 Å². The number of rotatable bonds is 7. The van der Waals surface area contributed by atoms with E-state index in [1.54, 1.807) is 32.0 Å². The maximum absolute atomic E-state index is 13.1. The normalized spacial score (nSPS) is 15.0. The number of carbonyl (C=O) groups is 2. The van der Waals surface area contributed by atoms with Crippen LogP contribution in [0.2, 0.25) is 0 Å². The predicted octanol–water partition coefficient (Wildman–Crippen LogP) is 3.47. The molecule has 0 aromatic heterocycles. The number of aryl methyl sites for hydroxylation is 2. The number of sulfonamides is 1. The summed E-state index contributed by atoms with van der Waals surface area (Å²) in [5.74, 6) is -0.741. The molecule has 3 rings (SSSR count). The fourth-order valence-corrected chi connectivity index (χ4v) is 4.93. The summed E-state index contributed by atoms with van der Waals surface area (Å²) in [6, 6.07) is 11.2. The molecule has 0 fully saturated rings. The van der Waals surface area contributed by atoms with Crippen molar-refractivity contribution in [2.24, 2.45) is 5.92 Å². The molecule has 0 bridgehead atoms. The lowest BCUT2D eigenvalue weighted by Gasteiger charge is -2.22. The zero-order valence-electron chi connectivity index (χ0n) is 18.1. The Morgan fingerprint density at radius 1 is 1.13 bits per heavy atom. The van der Waals surface area contributed by atoms with Crippen LogP contribution in [0.1, 0.15) is 44.7 Å². The van der Waals surface area contributed by atoms with E-state index in [2.05, 4.69) is 15.4 Å². The minimum absolute atomic E-state index is 0.0730. The van der Waals surface area contributed by atoms with Crippen molar-refractivity contribution < 1.29 is 18.0 Å². The monoisotopic (exact) mass is 443 g/mol. The second kappa shape index (κ2) is 9.62. The second-order valence-electron chi connectivity index (χ2n) is 8.11. The van der Waals surface area contributed by atoms with E-state index >= 15 is 0 Å². The molecule has 2 amide bonds. The fourth-order valence-electron chi connectivity index (χ4n) is 3.53. The lowest BCUT2D eigenvalue weighted by molar-refractivity contribution is -0.118. The molecule has 0 saturated carbocycles. The van der Waals surface area contributed by atoms with Crippen LogP contribution in [0.4, 0.5) is 11.4 Å². The first-order valence-corrected chi connectivity index (χ1v) is 12.0. The van der Waals surface area contributed by atoms with Crippen LogP contribution in [0, 0.1) is 5.92 Å². The molecule has 31 heavy (non-hydrogen) atoms. The Morgan fingerprint density at radius 2 is 1.90 bits per heavy atom. The summed E-state index contributed by atoms with van der Waals surface area (Å²) in [7, 11) is -3.94. The molecule has 0 saturated heterocycles. The maximum atomic E-state index is 13.1. The van der Waals surface area contributed by atoms with Gasteiger partial charge in [-0.1, -0.05) is 32.9 Å². The third kappa shape index (κ3) is 5.71. The Kier molecular flexibility index (Phi) is 7.12. The van der Waals surface area contributed by atoms with Crippen molar-refractivity contribution in [3.63, 3.8) is 0 Å². The van der Waals surface area contributed by atoms with Crippen LogP contribution < -0.4 is 15.4 Å². The molecule has 166 valence electrons. The van der Waals surface area contributed by atoms with Crippen LogP contribution in [-0.4, -0.2) is 26.3 Å². The van der Waals surface area contributed by atoms with Crippen molar-refractivity contribution in [3.8, 4) is 0 Å². The highest BCUT2D eigenvalue weighted by atomic mass is 32.2. The van der Waals surface area contributed by atoms with E-state index in [1.807, 2.05) is 25.1 Å². The van der Waals surface area contributed by atoms with E-state index in [0.717, 1.165) is 17.5 Å². The van der Waals surface area contributed by atoms with Gasteiger partial charge in [-0.25, -0.2) is 8.42 Å². The number of amides is 2. The SMILES string of the molecule is CCc1cccc(NC(=O)[C@@H](NS(=O)(=O)c2ccc3c(c2)CCCC(=O)N3)C(C)C)c1. The molecule has 0 radical (unpaired) electrons. The first-order valence-electron chi connectivity index (χ1n) is 10.5. The van der Waals surface area contributed by atoms with Crippen LogP contribution >= 0.6 is 0 Å². The number of hydrogen-bond acceptors (Lipinski definition) is 4. The van der Waals surface area contributed by atoms with Gasteiger partial charge in [0, 0.05) is 17.8 Å². The fraction of sp³-hybridized carbons (Fsp3) is 0.391. The molecule has 7 nitrogen and oxygen atoms in total. The molecule has 8 heteroatoms. The van der Waals surface area contributed by atoms with Gasteiger partial charge in [-0.2, -0.15) is 4.72 Å². The summed E-state index contributed by atoms with van der Waals surface area (Å²) in [6.45, 7) is 5.61. The van der Waals surface area contributed by atoms with E-state index < -0.39 is 22.0 Å². The van der Waals surface area contributed by atoms with Gasteiger partial charge >= 0.3 is 0 Å². The van der Waals surface area contributed by atoms with E-state index in [-0.39, 0.29) is 16.7 Å². The quantitative estimate of drug-likeness (QED) is 0.609. The van der Waals surface area contributed by atoms with Crippen LogP contribution in [0.3, 0.4) is 0 Å². The molecule has 3 N–H and O–H groups in total. The van der Waals surface area contributed by atoms with Gasteiger partial charge in [-0.15, -0.1) is 0 Å². The molecule has 2 aromatic rings. The molecule has 0 unspecified atom stereocenters. The average Bonchev–Trinajstić information content (AvgIpc) is 2.91.